The summed E-state index contributed by atoms with van der Waals surface area (Å²) >= 11 is 6.31. The summed E-state index contributed by atoms with van der Waals surface area (Å²) < 4.78 is 51.5. The molecule has 0 saturated heterocycles. The molecule has 43 heavy (non-hydrogen) atoms. The van der Waals surface area contributed by atoms with Crippen molar-refractivity contribution in [3.63, 3.8) is 0 Å². The summed E-state index contributed by atoms with van der Waals surface area (Å²) in [4.78, 5) is 42.4. The van der Waals surface area contributed by atoms with Crippen LogP contribution in [0.2, 0.25) is 5.02 Å². The van der Waals surface area contributed by atoms with Gasteiger partial charge in [0, 0.05) is 27.9 Å². The third-order valence-electron chi connectivity index (χ3n) is 7.74. The molecule has 0 spiro atoms. The van der Waals surface area contributed by atoms with Gasteiger partial charge in [0.2, 0.25) is 0 Å². The standard InChI is InChI=1S/C32H26ClF3N2O5/c1-42-30(40)25-22(17-8-4-3-5-9-17)16-23-26(28(25)39)24(18-10-6-12-20(33)14-18)27(31(41)43-2)29(37)38(23)21-13-7-11-19(15-21)32(34,35)36/h3-15,22,24-25H,16,37H2,1-2H3/t22-,24+,25-/m1/s1. The monoisotopic (exact) mass is 610 g/mol. The second-order valence-corrected chi connectivity index (χ2v) is 10.5. The van der Waals surface area contributed by atoms with Crippen LogP contribution in [-0.2, 0) is 30.0 Å². The molecular weight excluding hydrogens is 585 g/mol. The Morgan fingerprint density at radius 1 is 0.930 bits per heavy atom. The Hall–Kier alpha value is -4.57. The average Bonchev–Trinajstić information content (AvgIpc) is 2.99. The first-order valence-corrected chi connectivity index (χ1v) is 13.6. The summed E-state index contributed by atoms with van der Waals surface area (Å²) in [6.45, 7) is 0. The van der Waals surface area contributed by atoms with Crippen LogP contribution in [0.1, 0.15) is 34.9 Å². The first-order chi connectivity index (χ1) is 20.5. The lowest BCUT2D eigenvalue weighted by molar-refractivity contribution is -0.150. The smallest absolute Gasteiger partial charge is 0.416 e. The Kier molecular flexibility index (Phi) is 8.07. The number of benzene rings is 3. The van der Waals surface area contributed by atoms with Crippen LogP contribution in [0.4, 0.5) is 18.9 Å². The van der Waals surface area contributed by atoms with Crippen molar-refractivity contribution >= 4 is 35.0 Å². The van der Waals surface area contributed by atoms with Gasteiger partial charge < -0.3 is 15.2 Å². The van der Waals surface area contributed by atoms with Crippen LogP contribution in [0.5, 0.6) is 0 Å². The summed E-state index contributed by atoms with van der Waals surface area (Å²) in [6.07, 6.45) is -4.67. The Morgan fingerprint density at radius 3 is 2.23 bits per heavy atom. The van der Waals surface area contributed by atoms with E-state index in [4.69, 9.17) is 26.8 Å². The molecule has 2 N–H and O–H groups in total. The Bertz CT molecular complexity index is 1670. The molecule has 1 aliphatic carbocycles. The largest absolute Gasteiger partial charge is 0.468 e. The number of allylic oxidation sites excluding steroid dienone is 2. The van der Waals surface area contributed by atoms with Gasteiger partial charge >= 0.3 is 18.1 Å². The van der Waals surface area contributed by atoms with Crippen molar-refractivity contribution < 1.29 is 37.0 Å². The van der Waals surface area contributed by atoms with Crippen molar-refractivity contribution in [3.05, 3.63) is 123 Å². The fraction of sp³-hybridized carbons (Fsp3) is 0.219. The van der Waals surface area contributed by atoms with E-state index in [1.165, 1.54) is 24.1 Å². The second kappa shape index (κ2) is 11.6. The SMILES string of the molecule is COC(=O)C1=C(N)N(c2cccc(C(F)(F)F)c2)C2=C(C(=O)[C@H](C(=O)OC)[C@@H](c3ccccc3)C2)[C@@H]1c1cccc(Cl)c1. The predicted octanol–water partition coefficient (Wildman–Crippen LogP) is 6.11. The number of nitrogens with two attached hydrogens (primary N) is 1. The lowest BCUT2D eigenvalue weighted by atomic mass is 9.67. The van der Waals surface area contributed by atoms with E-state index in [-0.39, 0.29) is 34.8 Å². The number of anilines is 1. The zero-order chi connectivity index (χ0) is 31.1. The highest BCUT2D eigenvalue weighted by Gasteiger charge is 2.51. The lowest BCUT2D eigenvalue weighted by Gasteiger charge is -2.44. The van der Waals surface area contributed by atoms with Gasteiger partial charge in [0.1, 0.15) is 11.7 Å². The molecule has 3 aromatic rings. The molecule has 0 saturated carbocycles. The number of ether oxygens (including phenoxy) is 2. The van der Waals surface area contributed by atoms with Crippen molar-refractivity contribution in [1.82, 2.24) is 0 Å². The molecule has 0 fully saturated rings. The van der Waals surface area contributed by atoms with E-state index in [1.54, 1.807) is 54.6 Å². The number of esters is 2. The average molecular weight is 611 g/mol. The number of nitrogens with zero attached hydrogens (tertiary/aromatic N) is 1. The molecule has 222 valence electrons. The van der Waals surface area contributed by atoms with E-state index in [2.05, 4.69) is 0 Å². The minimum Gasteiger partial charge on any atom is -0.468 e. The van der Waals surface area contributed by atoms with Gasteiger partial charge in [-0.05, 0) is 47.9 Å². The van der Waals surface area contributed by atoms with E-state index < -0.39 is 47.2 Å². The third-order valence-corrected chi connectivity index (χ3v) is 7.98. The van der Waals surface area contributed by atoms with Crippen molar-refractivity contribution in [2.45, 2.75) is 24.4 Å². The van der Waals surface area contributed by atoms with Gasteiger partial charge in [0.25, 0.3) is 0 Å². The summed E-state index contributed by atoms with van der Waals surface area (Å²) in [5.74, 6) is -5.76. The minimum atomic E-state index is -4.68. The van der Waals surface area contributed by atoms with Gasteiger partial charge in [-0.1, -0.05) is 60.1 Å². The van der Waals surface area contributed by atoms with E-state index in [9.17, 15) is 27.6 Å². The van der Waals surface area contributed by atoms with E-state index >= 15 is 0 Å². The fourth-order valence-electron chi connectivity index (χ4n) is 5.88. The van der Waals surface area contributed by atoms with Crippen LogP contribution in [0.3, 0.4) is 0 Å². The zero-order valence-electron chi connectivity index (χ0n) is 23.0. The minimum absolute atomic E-state index is 0.00726. The predicted molar refractivity (Wildman–Crippen MR) is 153 cm³/mol. The third kappa shape index (κ3) is 5.38. The molecule has 11 heteroatoms. The second-order valence-electron chi connectivity index (χ2n) is 10.1. The lowest BCUT2D eigenvalue weighted by Crippen LogP contribution is -2.46. The molecule has 0 radical (unpaired) electrons. The number of alkyl halides is 3. The molecule has 1 aliphatic heterocycles. The molecule has 5 rings (SSSR count). The number of methoxy groups -OCH3 is 2. The van der Waals surface area contributed by atoms with Crippen LogP contribution in [0, 0.1) is 5.92 Å². The highest BCUT2D eigenvalue weighted by Crippen LogP contribution is 2.52. The van der Waals surface area contributed by atoms with Crippen LogP contribution in [0.15, 0.2) is 102 Å². The molecule has 0 unspecified atom stereocenters. The highest BCUT2D eigenvalue weighted by atomic mass is 35.5. The number of halogens is 4. The number of hydrogen-bond donors (Lipinski definition) is 1. The molecule has 7 nitrogen and oxygen atoms in total. The fourth-order valence-corrected chi connectivity index (χ4v) is 6.08. The first kappa shape index (κ1) is 29.9. The first-order valence-electron chi connectivity index (χ1n) is 13.2. The number of ketones is 1. The zero-order valence-corrected chi connectivity index (χ0v) is 23.8. The van der Waals surface area contributed by atoms with Crippen molar-refractivity contribution in [1.29, 1.82) is 0 Å². The summed E-state index contributed by atoms with van der Waals surface area (Å²) in [5, 5.41) is 0.303. The van der Waals surface area contributed by atoms with Gasteiger partial charge in [0.15, 0.2) is 5.78 Å². The topological polar surface area (TPSA) is 98.9 Å². The number of hydrogen-bond acceptors (Lipinski definition) is 7. The van der Waals surface area contributed by atoms with Crippen molar-refractivity contribution in [3.8, 4) is 0 Å². The Labute approximate surface area is 250 Å². The van der Waals surface area contributed by atoms with Crippen LogP contribution in [0.25, 0.3) is 0 Å². The van der Waals surface area contributed by atoms with E-state index in [0.29, 0.717) is 16.1 Å². The maximum atomic E-state index is 14.6. The molecule has 0 amide bonds. The molecule has 0 aromatic heterocycles. The quantitative estimate of drug-likeness (QED) is 0.275. The summed E-state index contributed by atoms with van der Waals surface area (Å²) in [5.41, 5.74) is 6.80. The molecule has 1 heterocycles. The Balaban J connectivity index is 1.85. The van der Waals surface area contributed by atoms with Crippen LogP contribution < -0.4 is 10.6 Å². The normalized spacial score (nSPS) is 20.6. The number of Topliss-reactive ketones (excluding diaryl/α,β-unsaturated/α-hetero) is 1. The van der Waals surface area contributed by atoms with Crippen molar-refractivity contribution in [2.75, 3.05) is 19.1 Å². The van der Waals surface area contributed by atoms with Crippen LogP contribution in [-0.4, -0.2) is 31.9 Å². The molecule has 3 atom stereocenters. The molecule has 3 aromatic carbocycles. The van der Waals surface area contributed by atoms with E-state index in [1.807, 2.05) is 0 Å². The van der Waals surface area contributed by atoms with Gasteiger partial charge in [-0.25, -0.2) is 4.79 Å². The number of rotatable bonds is 5. The number of carbonyl (C=O) groups is 3. The van der Waals surface area contributed by atoms with Gasteiger partial charge in [-0.3, -0.25) is 14.5 Å². The van der Waals surface area contributed by atoms with E-state index in [0.717, 1.165) is 19.2 Å². The van der Waals surface area contributed by atoms with Gasteiger partial charge in [-0.2, -0.15) is 13.2 Å². The summed E-state index contributed by atoms with van der Waals surface area (Å²) in [7, 11) is 2.30. The highest BCUT2D eigenvalue weighted by molar-refractivity contribution is 6.30. The molecule has 2 aliphatic rings. The maximum absolute atomic E-state index is 14.6. The maximum Gasteiger partial charge on any atom is 0.416 e. The van der Waals surface area contributed by atoms with Crippen molar-refractivity contribution in [2.24, 2.45) is 11.7 Å². The summed E-state index contributed by atoms with van der Waals surface area (Å²) in [6, 6.07) is 19.6. The van der Waals surface area contributed by atoms with Gasteiger partial charge in [-0.15, -0.1) is 0 Å². The molecular formula is C32H26ClF3N2O5. The Morgan fingerprint density at radius 2 is 1.60 bits per heavy atom. The number of carbonyl (C=O) groups excluding carboxylic acids is 3. The van der Waals surface area contributed by atoms with Gasteiger partial charge in [0.05, 0.1) is 31.3 Å². The van der Waals surface area contributed by atoms with Crippen LogP contribution >= 0.6 is 11.6 Å². The molecule has 0 bridgehead atoms.